The minimum Gasteiger partial charge on any atom is -0.475 e. The van der Waals surface area contributed by atoms with Gasteiger partial charge < -0.3 is 14.2 Å². The summed E-state index contributed by atoms with van der Waals surface area (Å²) in [5, 5.41) is 0.632. The zero-order valence-electron chi connectivity index (χ0n) is 12.4. The number of carbonyl (C=O) groups excluding carboxylic acids is 1. The SMILES string of the molecule is CCOC(=O)C(C)Oc1ccccc1Oc1ccc(Cl)cc1. The molecule has 0 radical (unpaired) electrons. The summed E-state index contributed by atoms with van der Waals surface area (Å²) in [6, 6.07) is 14.1. The summed E-state index contributed by atoms with van der Waals surface area (Å²) >= 11 is 5.85. The van der Waals surface area contributed by atoms with Crippen LogP contribution in [0.4, 0.5) is 0 Å². The summed E-state index contributed by atoms with van der Waals surface area (Å²) in [4.78, 5) is 11.7. The highest BCUT2D eigenvalue weighted by molar-refractivity contribution is 6.30. The molecule has 22 heavy (non-hydrogen) atoms. The molecule has 4 nitrogen and oxygen atoms in total. The lowest BCUT2D eigenvalue weighted by molar-refractivity contribution is -0.150. The molecule has 0 saturated heterocycles. The van der Waals surface area contributed by atoms with E-state index in [1.165, 1.54) is 0 Å². The molecule has 0 spiro atoms. The molecule has 0 N–H and O–H groups in total. The molecule has 2 aromatic rings. The van der Waals surface area contributed by atoms with Crippen LogP contribution >= 0.6 is 11.6 Å². The summed E-state index contributed by atoms with van der Waals surface area (Å²) < 4.78 is 16.3. The first-order valence-electron chi connectivity index (χ1n) is 6.96. The molecular weight excluding hydrogens is 304 g/mol. The van der Waals surface area contributed by atoms with Crippen molar-refractivity contribution in [2.75, 3.05) is 6.61 Å². The highest BCUT2D eigenvalue weighted by Gasteiger charge is 2.17. The Labute approximate surface area is 134 Å². The highest BCUT2D eigenvalue weighted by Crippen LogP contribution is 2.32. The predicted molar refractivity (Wildman–Crippen MR) is 84.7 cm³/mol. The van der Waals surface area contributed by atoms with E-state index in [-0.39, 0.29) is 0 Å². The third kappa shape index (κ3) is 4.40. The van der Waals surface area contributed by atoms with E-state index in [0.717, 1.165) is 0 Å². The molecule has 2 aromatic carbocycles. The van der Waals surface area contributed by atoms with E-state index in [9.17, 15) is 4.79 Å². The Morgan fingerprint density at radius 2 is 1.73 bits per heavy atom. The molecule has 1 unspecified atom stereocenters. The molecule has 0 aliphatic rings. The first-order chi connectivity index (χ1) is 10.6. The van der Waals surface area contributed by atoms with E-state index in [1.807, 2.05) is 12.1 Å². The molecule has 0 saturated carbocycles. The van der Waals surface area contributed by atoms with Gasteiger partial charge in [0.2, 0.25) is 0 Å². The first kappa shape index (κ1) is 16.2. The fourth-order valence-corrected chi connectivity index (χ4v) is 1.89. The van der Waals surface area contributed by atoms with Crippen molar-refractivity contribution in [1.82, 2.24) is 0 Å². The summed E-state index contributed by atoms with van der Waals surface area (Å²) in [6.07, 6.45) is -0.713. The van der Waals surface area contributed by atoms with Gasteiger partial charge in [-0.25, -0.2) is 4.79 Å². The van der Waals surface area contributed by atoms with Gasteiger partial charge in [0.05, 0.1) is 6.61 Å². The van der Waals surface area contributed by atoms with Crippen molar-refractivity contribution in [2.45, 2.75) is 20.0 Å². The van der Waals surface area contributed by atoms with Gasteiger partial charge in [-0.2, -0.15) is 0 Å². The quantitative estimate of drug-likeness (QED) is 0.737. The molecule has 0 bridgehead atoms. The van der Waals surface area contributed by atoms with Crippen molar-refractivity contribution < 1.29 is 19.0 Å². The molecule has 0 amide bonds. The fraction of sp³-hybridized carbons (Fsp3) is 0.235. The summed E-state index contributed by atoms with van der Waals surface area (Å²) in [6.45, 7) is 3.70. The number of rotatable bonds is 6. The van der Waals surface area contributed by atoms with E-state index < -0.39 is 12.1 Å². The lowest BCUT2D eigenvalue weighted by Gasteiger charge is -2.16. The van der Waals surface area contributed by atoms with Crippen molar-refractivity contribution in [3.63, 3.8) is 0 Å². The van der Waals surface area contributed by atoms with Crippen LogP contribution in [-0.4, -0.2) is 18.7 Å². The molecule has 0 aliphatic carbocycles. The van der Waals surface area contributed by atoms with Crippen LogP contribution in [0.15, 0.2) is 48.5 Å². The second kappa shape index (κ2) is 7.71. The van der Waals surface area contributed by atoms with Crippen LogP contribution in [0.2, 0.25) is 5.02 Å². The predicted octanol–water partition coefficient (Wildman–Crippen LogP) is 4.46. The molecule has 0 aromatic heterocycles. The third-order valence-corrected chi connectivity index (χ3v) is 3.06. The zero-order valence-corrected chi connectivity index (χ0v) is 13.2. The Hall–Kier alpha value is -2.20. The number of hydrogen-bond acceptors (Lipinski definition) is 4. The van der Waals surface area contributed by atoms with Crippen molar-refractivity contribution in [3.05, 3.63) is 53.6 Å². The normalized spacial score (nSPS) is 11.6. The molecule has 0 fully saturated rings. The molecule has 5 heteroatoms. The van der Waals surface area contributed by atoms with Gasteiger partial charge in [0.25, 0.3) is 0 Å². The molecule has 0 aliphatic heterocycles. The first-order valence-corrected chi connectivity index (χ1v) is 7.33. The number of hydrogen-bond donors (Lipinski definition) is 0. The topological polar surface area (TPSA) is 44.8 Å². The molecule has 116 valence electrons. The number of esters is 1. The minimum absolute atomic E-state index is 0.315. The Bertz CT molecular complexity index is 625. The van der Waals surface area contributed by atoms with Gasteiger partial charge in [0, 0.05) is 5.02 Å². The maximum Gasteiger partial charge on any atom is 0.347 e. The van der Waals surface area contributed by atoms with Crippen LogP contribution in [-0.2, 0) is 9.53 Å². The molecular formula is C17H17ClO4. The number of benzene rings is 2. The monoisotopic (exact) mass is 320 g/mol. The van der Waals surface area contributed by atoms with E-state index >= 15 is 0 Å². The second-order valence-corrected chi connectivity index (χ2v) is 4.95. The maximum absolute atomic E-state index is 11.7. The van der Waals surface area contributed by atoms with Gasteiger partial charge in [0.1, 0.15) is 5.75 Å². The van der Waals surface area contributed by atoms with E-state index in [4.69, 9.17) is 25.8 Å². The zero-order chi connectivity index (χ0) is 15.9. The van der Waals surface area contributed by atoms with Gasteiger partial charge in [-0.05, 0) is 50.2 Å². The standard InChI is InChI=1S/C17H17ClO4/c1-3-20-17(19)12(2)21-15-6-4-5-7-16(15)22-14-10-8-13(18)9-11-14/h4-12H,3H2,1-2H3. The van der Waals surface area contributed by atoms with Gasteiger partial charge in [-0.15, -0.1) is 0 Å². The molecule has 2 rings (SSSR count). The van der Waals surface area contributed by atoms with E-state index in [2.05, 4.69) is 0 Å². The van der Waals surface area contributed by atoms with Gasteiger partial charge in [0.15, 0.2) is 17.6 Å². The maximum atomic E-state index is 11.7. The Morgan fingerprint density at radius 1 is 1.09 bits per heavy atom. The fourth-order valence-electron chi connectivity index (χ4n) is 1.76. The largest absolute Gasteiger partial charge is 0.475 e. The lowest BCUT2D eigenvalue weighted by Crippen LogP contribution is -2.26. The van der Waals surface area contributed by atoms with Gasteiger partial charge >= 0.3 is 5.97 Å². The Kier molecular flexibility index (Phi) is 5.67. The van der Waals surface area contributed by atoms with Crippen LogP contribution in [0.25, 0.3) is 0 Å². The van der Waals surface area contributed by atoms with Crippen molar-refractivity contribution >= 4 is 17.6 Å². The Balaban J connectivity index is 2.12. The number of para-hydroxylation sites is 2. The van der Waals surface area contributed by atoms with Crippen LogP contribution < -0.4 is 9.47 Å². The van der Waals surface area contributed by atoms with Crippen molar-refractivity contribution in [2.24, 2.45) is 0 Å². The molecule has 0 heterocycles. The van der Waals surface area contributed by atoms with Gasteiger partial charge in [-0.1, -0.05) is 23.7 Å². The van der Waals surface area contributed by atoms with E-state index in [1.54, 1.807) is 50.2 Å². The van der Waals surface area contributed by atoms with Crippen LogP contribution in [0.3, 0.4) is 0 Å². The number of carbonyl (C=O) groups is 1. The lowest BCUT2D eigenvalue weighted by atomic mass is 10.3. The number of halogens is 1. The minimum atomic E-state index is -0.713. The third-order valence-electron chi connectivity index (χ3n) is 2.81. The highest BCUT2D eigenvalue weighted by atomic mass is 35.5. The van der Waals surface area contributed by atoms with Gasteiger partial charge in [-0.3, -0.25) is 0 Å². The number of ether oxygens (including phenoxy) is 3. The van der Waals surface area contributed by atoms with Crippen LogP contribution in [0.5, 0.6) is 17.2 Å². The van der Waals surface area contributed by atoms with E-state index in [0.29, 0.717) is 28.9 Å². The van der Waals surface area contributed by atoms with Crippen molar-refractivity contribution in [1.29, 1.82) is 0 Å². The average molecular weight is 321 g/mol. The summed E-state index contributed by atoms with van der Waals surface area (Å²) in [5.41, 5.74) is 0. The summed E-state index contributed by atoms with van der Waals surface area (Å²) in [5.74, 6) is 1.20. The Morgan fingerprint density at radius 3 is 2.36 bits per heavy atom. The molecule has 1 atom stereocenters. The smallest absolute Gasteiger partial charge is 0.347 e. The summed E-state index contributed by atoms with van der Waals surface area (Å²) in [7, 11) is 0. The van der Waals surface area contributed by atoms with Crippen LogP contribution in [0, 0.1) is 0 Å². The average Bonchev–Trinajstić information content (AvgIpc) is 2.51. The van der Waals surface area contributed by atoms with Crippen LogP contribution in [0.1, 0.15) is 13.8 Å². The second-order valence-electron chi connectivity index (χ2n) is 4.51. The van der Waals surface area contributed by atoms with Crippen molar-refractivity contribution in [3.8, 4) is 17.2 Å².